The van der Waals surface area contributed by atoms with Crippen molar-refractivity contribution in [2.24, 2.45) is 0 Å². The Bertz CT molecular complexity index is 879. The van der Waals surface area contributed by atoms with Gasteiger partial charge in [0.25, 0.3) is 0 Å². The molecule has 1 N–H and O–H groups in total. The van der Waals surface area contributed by atoms with Gasteiger partial charge in [-0.3, -0.25) is 0 Å². The summed E-state index contributed by atoms with van der Waals surface area (Å²) < 4.78 is 2.16. The molecule has 1 atom stereocenters. The second-order valence-corrected chi connectivity index (χ2v) is 5.61. The fourth-order valence-electron chi connectivity index (χ4n) is 2.57. The molecular formula is C21H20IrN2O-2. The Balaban J connectivity index is 0.000000335. The van der Waals surface area contributed by atoms with Gasteiger partial charge in [0.1, 0.15) is 5.82 Å². The van der Waals surface area contributed by atoms with Crippen LogP contribution in [0.2, 0.25) is 0 Å². The quantitative estimate of drug-likeness (QED) is 0.403. The minimum Gasteiger partial charge on any atom is -0.396 e. The first kappa shape index (κ1) is 19.3. The Morgan fingerprint density at radius 1 is 1.08 bits per heavy atom. The summed E-state index contributed by atoms with van der Waals surface area (Å²) in [5, 5.41) is 10.7. The largest absolute Gasteiger partial charge is 0.396 e. The Kier molecular flexibility index (Phi) is 6.89. The molecule has 2 aromatic carbocycles. The molecule has 0 saturated heterocycles. The van der Waals surface area contributed by atoms with Crippen LogP contribution in [0.3, 0.4) is 0 Å². The van der Waals surface area contributed by atoms with E-state index in [1.54, 1.807) is 6.92 Å². The molecule has 131 valence electrons. The molecule has 4 heteroatoms. The summed E-state index contributed by atoms with van der Waals surface area (Å²) >= 11 is 0. The Morgan fingerprint density at radius 3 is 2.44 bits per heavy atom. The van der Waals surface area contributed by atoms with E-state index in [4.69, 9.17) is 5.11 Å². The van der Waals surface area contributed by atoms with Gasteiger partial charge < -0.3 is 16.6 Å². The number of aliphatic hydroxyl groups is 1. The van der Waals surface area contributed by atoms with Crippen LogP contribution in [0.15, 0.2) is 66.9 Å². The molecule has 0 aliphatic rings. The molecule has 0 saturated carbocycles. The molecule has 4 aromatic rings. The first-order valence-electron chi connectivity index (χ1n) is 8.01. The predicted molar refractivity (Wildman–Crippen MR) is 99.1 cm³/mol. The van der Waals surface area contributed by atoms with E-state index in [0.717, 1.165) is 11.3 Å². The van der Waals surface area contributed by atoms with Crippen molar-refractivity contribution in [2.75, 3.05) is 0 Å². The standard InChI is InChI=1S/C17H11N2.C4H9O.Ir/c1-3-9-15-13(7-1)14-8-2-4-10-16(14)19(15)17-11-5-6-12-18-17;1-3-4(2)5;/h1-9,11-12H;4-5H,1,3H2,2H3;/q2*-1;. The van der Waals surface area contributed by atoms with E-state index in [0.29, 0.717) is 6.42 Å². The monoisotopic (exact) mass is 509 g/mol. The number of aliphatic hydroxyl groups excluding tert-OH is 1. The van der Waals surface area contributed by atoms with Crippen LogP contribution in [0.25, 0.3) is 27.6 Å². The molecule has 1 radical (unpaired) electrons. The third-order valence-electron chi connectivity index (χ3n) is 3.79. The van der Waals surface area contributed by atoms with Crippen molar-refractivity contribution in [2.45, 2.75) is 19.4 Å². The van der Waals surface area contributed by atoms with Crippen LogP contribution in [0.4, 0.5) is 0 Å². The van der Waals surface area contributed by atoms with Gasteiger partial charge in [-0.2, -0.15) is 30.7 Å². The van der Waals surface area contributed by atoms with Gasteiger partial charge in [0.15, 0.2) is 0 Å². The number of benzene rings is 2. The number of hydrogen-bond donors (Lipinski definition) is 1. The normalized spacial score (nSPS) is 11.5. The third kappa shape index (κ3) is 4.16. The second-order valence-electron chi connectivity index (χ2n) is 5.61. The molecule has 0 aliphatic carbocycles. The maximum Gasteiger partial charge on any atom is 0.135 e. The summed E-state index contributed by atoms with van der Waals surface area (Å²) in [5.74, 6) is 0.927. The number of hydrogen-bond acceptors (Lipinski definition) is 2. The zero-order chi connectivity index (χ0) is 16.9. The van der Waals surface area contributed by atoms with E-state index in [-0.39, 0.29) is 26.2 Å². The van der Waals surface area contributed by atoms with Crippen molar-refractivity contribution in [3.05, 3.63) is 79.9 Å². The molecule has 4 rings (SSSR count). The minimum absolute atomic E-state index is 0. The Hall–Kier alpha value is -2.00. The number of nitrogens with zero attached hydrogens (tertiary/aromatic N) is 2. The molecule has 0 amide bonds. The smallest absolute Gasteiger partial charge is 0.135 e. The summed E-state index contributed by atoms with van der Waals surface area (Å²) in [7, 11) is 0. The third-order valence-corrected chi connectivity index (χ3v) is 3.79. The molecule has 0 bridgehead atoms. The fourth-order valence-corrected chi connectivity index (χ4v) is 2.57. The molecule has 1 unspecified atom stereocenters. The molecule has 2 aromatic heterocycles. The molecule has 3 nitrogen and oxygen atoms in total. The SMILES string of the molecule is [CH2-]CC(C)O.[Ir].[c-]1cccc2c3ccccc3n(-c3ccccn3)c12. The van der Waals surface area contributed by atoms with Crippen LogP contribution in [0.5, 0.6) is 0 Å². The molecule has 0 aliphatic heterocycles. The van der Waals surface area contributed by atoms with Gasteiger partial charge in [-0.15, -0.1) is 5.39 Å². The summed E-state index contributed by atoms with van der Waals surface area (Å²) in [6.45, 7) is 5.15. The van der Waals surface area contributed by atoms with Crippen LogP contribution in [-0.4, -0.2) is 20.8 Å². The van der Waals surface area contributed by atoms with Crippen LogP contribution in [-0.2, 0) is 20.1 Å². The van der Waals surface area contributed by atoms with Gasteiger partial charge in [0.2, 0.25) is 0 Å². The van der Waals surface area contributed by atoms with Crippen molar-refractivity contribution >= 4 is 21.8 Å². The average molecular weight is 509 g/mol. The van der Waals surface area contributed by atoms with Crippen LogP contribution >= 0.6 is 0 Å². The maximum atomic E-state index is 8.30. The number of rotatable bonds is 2. The van der Waals surface area contributed by atoms with Crippen molar-refractivity contribution in [1.29, 1.82) is 0 Å². The van der Waals surface area contributed by atoms with Gasteiger partial charge >= 0.3 is 0 Å². The van der Waals surface area contributed by atoms with E-state index in [1.807, 2.05) is 36.5 Å². The molecule has 2 heterocycles. The fraction of sp³-hybridized carbons (Fsp3) is 0.143. The summed E-state index contributed by atoms with van der Waals surface area (Å²) in [6, 6.07) is 23.8. The van der Waals surface area contributed by atoms with Gasteiger partial charge in [-0.1, -0.05) is 29.8 Å². The van der Waals surface area contributed by atoms with Crippen molar-refractivity contribution < 1.29 is 25.2 Å². The van der Waals surface area contributed by atoms with E-state index >= 15 is 0 Å². The minimum atomic E-state index is -0.227. The van der Waals surface area contributed by atoms with Crippen LogP contribution < -0.4 is 0 Å². The zero-order valence-electron chi connectivity index (χ0n) is 14.0. The summed E-state index contributed by atoms with van der Waals surface area (Å²) in [5.41, 5.74) is 2.24. The Labute approximate surface area is 161 Å². The summed E-state index contributed by atoms with van der Waals surface area (Å²) in [4.78, 5) is 4.46. The van der Waals surface area contributed by atoms with E-state index in [9.17, 15) is 0 Å². The maximum absolute atomic E-state index is 8.30. The van der Waals surface area contributed by atoms with E-state index in [1.165, 1.54) is 16.3 Å². The van der Waals surface area contributed by atoms with Gasteiger partial charge in [0, 0.05) is 37.9 Å². The van der Waals surface area contributed by atoms with E-state index < -0.39 is 0 Å². The van der Waals surface area contributed by atoms with Crippen LogP contribution in [0.1, 0.15) is 13.3 Å². The Morgan fingerprint density at radius 2 is 1.76 bits per heavy atom. The van der Waals surface area contributed by atoms with Crippen molar-refractivity contribution in [1.82, 2.24) is 9.55 Å². The van der Waals surface area contributed by atoms with Crippen molar-refractivity contribution in [3.63, 3.8) is 0 Å². The average Bonchev–Trinajstić information content (AvgIpc) is 2.97. The topological polar surface area (TPSA) is 38.0 Å². The zero-order valence-corrected chi connectivity index (χ0v) is 16.4. The van der Waals surface area contributed by atoms with Gasteiger partial charge in [-0.25, -0.2) is 4.98 Å². The van der Waals surface area contributed by atoms with E-state index in [2.05, 4.69) is 52.9 Å². The number of fused-ring (bicyclic) bond motifs is 3. The molecule has 0 fully saturated rings. The number of aromatic nitrogens is 2. The first-order valence-corrected chi connectivity index (χ1v) is 8.01. The molecule has 0 spiro atoms. The second kappa shape index (κ2) is 8.91. The van der Waals surface area contributed by atoms with Crippen LogP contribution in [0, 0.1) is 13.0 Å². The van der Waals surface area contributed by atoms with Gasteiger partial charge in [0.05, 0.1) is 0 Å². The molecule has 25 heavy (non-hydrogen) atoms. The number of pyridine rings is 1. The summed E-state index contributed by atoms with van der Waals surface area (Å²) in [6.07, 6.45) is 2.20. The van der Waals surface area contributed by atoms with Crippen molar-refractivity contribution in [3.8, 4) is 5.82 Å². The predicted octanol–water partition coefficient (Wildman–Crippen LogP) is 4.57. The number of para-hydroxylation sites is 2. The van der Waals surface area contributed by atoms with Gasteiger partial charge in [-0.05, 0) is 30.5 Å². The first-order chi connectivity index (χ1) is 11.7. The molecular weight excluding hydrogens is 488 g/mol.